The van der Waals surface area contributed by atoms with Crippen LogP contribution in [0.5, 0.6) is 0 Å². The van der Waals surface area contributed by atoms with Gasteiger partial charge in [-0.25, -0.2) is 13.1 Å². The Kier molecular flexibility index (Phi) is 7.49. The van der Waals surface area contributed by atoms with Crippen LogP contribution >= 0.6 is 0 Å². The minimum Gasteiger partial charge on any atom is -0.214 e. The molecule has 0 aromatic carbocycles. The Morgan fingerprint density at radius 3 is 2.33 bits per heavy atom. The van der Waals surface area contributed by atoms with Gasteiger partial charge in [0, 0.05) is 6.54 Å². The fraction of sp³-hybridized carbons (Fsp3) is 0.923. The largest absolute Gasteiger partial charge is 0.227 e. The number of unbranched alkanes of at least 4 members (excludes halogenated alkanes) is 2. The van der Waals surface area contributed by atoms with Crippen molar-refractivity contribution < 1.29 is 8.42 Å². The van der Waals surface area contributed by atoms with Gasteiger partial charge in [0.25, 0.3) is 0 Å². The second-order valence-corrected chi connectivity index (χ2v) is 7.46. The molecule has 0 aromatic heterocycles. The van der Waals surface area contributed by atoms with Gasteiger partial charge in [0.1, 0.15) is 0 Å². The van der Waals surface area contributed by atoms with Crippen LogP contribution in [0.4, 0.5) is 0 Å². The molecule has 18 heavy (non-hydrogen) atoms. The number of nitriles is 1. The Bertz CT molecular complexity index is 369. The molecule has 5 heteroatoms. The molecule has 106 valence electrons. The lowest BCUT2D eigenvalue weighted by molar-refractivity contribution is 0.320. The number of sulfonamides is 1. The zero-order valence-corrected chi connectivity index (χ0v) is 12.8. The van der Waals surface area contributed by atoms with Crippen LogP contribution in [-0.4, -0.2) is 20.2 Å². The Morgan fingerprint density at radius 1 is 1.28 bits per heavy atom. The molecular formula is C13H26N2O2S. The summed E-state index contributed by atoms with van der Waals surface area (Å²) in [6.45, 7) is 8.36. The molecule has 1 unspecified atom stereocenters. The maximum absolute atomic E-state index is 11.8. The first-order valence-corrected chi connectivity index (χ1v) is 8.21. The van der Waals surface area contributed by atoms with Gasteiger partial charge in [-0.2, -0.15) is 5.26 Å². The molecule has 0 radical (unpaired) electrons. The molecule has 0 saturated heterocycles. The van der Waals surface area contributed by atoms with Crippen molar-refractivity contribution in [1.29, 1.82) is 5.26 Å². The van der Waals surface area contributed by atoms with Crippen molar-refractivity contribution in [1.82, 2.24) is 4.72 Å². The molecule has 0 spiro atoms. The van der Waals surface area contributed by atoms with Gasteiger partial charge in [0.05, 0.1) is 6.07 Å². The topological polar surface area (TPSA) is 70.0 Å². The van der Waals surface area contributed by atoms with Crippen molar-refractivity contribution >= 4 is 10.0 Å². The van der Waals surface area contributed by atoms with E-state index in [-0.39, 0.29) is 5.41 Å². The molecule has 0 aliphatic carbocycles. The van der Waals surface area contributed by atoms with Gasteiger partial charge in [0.2, 0.25) is 10.0 Å². The monoisotopic (exact) mass is 274 g/mol. The van der Waals surface area contributed by atoms with E-state index in [0.29, 0.717) is 13.0 Å². The lowest BCUT2D eigenvalue weighted by Crippen LogP contribution is -2.39. The quantitative estimate of drug-likeness (QED) is 0.657. The van der Waals surface area contributed by atoms with Crippen LogP contribution in [0.3, 0.4) is 0 Å². The standard InChI is InChI=1S/C13H26N2O2S/c1-5-7-8-9-13(3,4)11-15-18(16,17)12(6-2)10-14/h12,15H,5-9,11H2,1-4H3. The summed E-state index contributed by atoms with van der Waals surface area (Å²) in [5.41, 5.74) is -0.0595. The third kappa shape index (κ3) is 6.36. The SMILES string of the molecule is CCCCCC(C)(C)CNS(=O)(=O)C(C#N)CC. The second-order valence-electron chi connectivity index (χ2n) is 5.51. The molecule has 0 fully saturated rings. The first-order valence-electron chi connectivity index (χ1n) is 6.67. The van der Waals surface area contributed by atoms with Gasteiger partial charge in [-0.3, -0.25) is 0 Å². The van der Waals surface area contributed by atoms with Crippen LogP contribution < -0.4 is 4.72 Å². The zero-order valence-electron chi connectivity index (χ0n) is 12.0. The van der Waals surface area contributed by atoms with Gasteiger partial charge in [-0.1, -0.05) is 47.0 Å². The van der Waals surface area contributed by atoms with Crippen molar-refractivity contribution in [2.75, 3.05) is 6.54 Å². The maximum Gasteiger partial charge on any atom is 0.227 e. The summed E-state index contributed by atoms with van der Waals surface area (Å²) in [6.07, 6.45) is 4.76. The number of hydrogen-bond acceptors (Lipinski definition) is 3. The molecule has 0 saturated carbocycles. The maximum atomic E-state index is 11.8. The highest BCUT2D eigenvalue weighted by Crippen LogP contribution is 2.23. The smallest absolute Gasteiger partial charge is 0.214 e. The molecular weight excluding hydrogens is 248 g/mol. The minimum absolute atomic E-state index is 0.0595. The van der Waals surface area contributed by atoms with Crippen molar-refractivity contribution in [3.05, 3.63) is 0 Å². The number of nitrogens with one attached hydrogen (secondary N) is 1. The molecule has 0 aliphatic rings. The highest BCUT2D eigenvalue weighted by atomic mass is 32.2. The summed E-state index contributed by atoms with van der Waals surface area (Å²) in [7, 11) is -3.50. The molecule has 1 atom stereocenters. The summed E-state index contributed by atoms with van der Waals surface area (Å²) in [6, 6.07) is 1.83. The van der Waals surface area contributed by atoms with Gasteiger partial charge >= 0.3 is 0 Å². The molecule has 0 aliphatic heterocycles. The molecule has 4 nitrogen and oxygen atoms in total. The lowest BCUT2D eigenvalue weighted by Gasteiger charge is -2.25. The van der Waals surface area contributed by atoms with Gasteiger partial charge in [0.15, 0.2) is 5.25 Å². The molecule has 0 rings (SSSR count). The van der Waals surface area contributed by atoms with E-state index in [1.807, 2.05) is 6.07 Å². The highest BCUT2D eigenvalue weighted by Gasteiger charge is 2.26. The van der Waals surface area contributed by atoms with Crippen LogP contribution in [0.15, 0.2) is 0 Å². The van der Waals surface area contributed by atoms with Crippen LogP contribution in [0.25, 0.3) is 0 Å². The van der Waals surface area contributed by atoms with Crippen molar-refractivity contribution in [2.24, 2.45) is 5.41 Å². The van der Waals surface area contributed by atoms with E-state index in [0.717, 1.165) is 19.3 Å². The van der Waals surface area contributed by atoms with E-state index in [1.54, 1.807) is 6.92 Å². The number of nitrogens with zero attached hydrogens (tertiary/aromatic N) is 1. The lowest BCUT2D eigenvalue weighted by atomic mass is 9.87. The van der Waals surface area contributed by atoms with Crippen molar-refractivity contribution in [3.8, 4) is 6.07 Å². The molecule has 1 N–H and O–H groups in total. The predicted molar refractivity (Wildman–Crippen MR) is 74.5 cm³/mol. The van der Waals surface area contributed by atoms with Crippen LogP contribution in [0.2, 0.25) is 0 Å². The molecule has 0 amide bonds. The summed E-state index contributed by atoms with van der Waals surface area (Å²) in [4.78, 5) is 0. The number of rotatable bonds is 9. The average Bonchev–Trinajstić information content (AvgIpc) is 2.28. The zero-order chi connectivity index (χ0) is 14.2. The summed E-state index contributed by atoms with van der Waals surface area (Å²) >= 11 is 0. The Balaban J connectivity index is 4.34. The van der Waals surface area contributed by atoms with Crippen LogP contribution in [0.1, 0.15) is 59.8 Å². The first-order chi connectivity index (χ1) is 8.29. The van der Waals surface area contributed by atoms with E-state index >= 15 is 0 Å². The predicted octanol–water partition coefficient (Wildman–Crippen LogP) is 2.81. The Morgan fingerprint density at radius 2 is 1.89 bits per heavy atom. The Labute approximate surface area is 112 Å². The fourth-order valence-corrected chi connectivity index (χ4v) is 3.09. The van der Waals surface area contributed by atoms with E-state index < -0.39 is 15.3 Å². The Hall–Kier alpha value is -0.600. The second kappa shape index (κ2) is 7.75. The third-order valence-electron chi connectivity index (χ3n) is 3.10. The average molecular weight is 274 g/mol. The summed E-state index contributed by atoms with van der Waals surface area (Å²) < 4.78 is 26.2. The van der Waals surface area contributed by atoms with E-state index in [1.165, 1.54) is 6.42 Å². The van der Waals surface area contributed by atoms with Gasteiger partial charge in [-0.15, -0.1) is 0 Å². The third-order valence-corrected chi connectivity index (χ3v) is 4.83. The van der Waals surface area contributed by atoms with E-state index in [9.17, 15) is 8.42 Å². The van der Waals surface area contributed by atoms with Crippen molar-refractivity contribution in [2.45, 2.75) is 65.0 Å². The normalized spacial score (nSPS) is 14.2. The summed E-state index contributed by atoms with van der Waals surface area (Å²) in [5.74, 6) is 0. The van der Waals surface area contributed by atoms with E-state index in [4.69, 9.17) is 5.26 Å². The highest BCUT2D eigenvalue weighted by molar-refractivity contribution is 7.90. The molecule has 0 aromatic rings. The minimum atomic E-state index is -3.50. The summed E-state index contributed by atoms with van der Waals surface area (Å²) in [5, 5.41) is 7.85. The van der Waals surface area contributed by atoms with E-state index in [2.05, 4.69) is 25.5 Å². The van der Waals surface area contributed by atoms with Crippen LogP contribution in [0, 0.1) is 16.7 Å². The van der Waals surface area contributed by atoms with Gasteiger partial charge in [-0.05, 0) is 18.3 Å². The van der Waals surface area contributed by atoms with Crippen LogP contribution in [-0.2, 0) is 10.0 Å². The molecule has 0 heterocycles. The number of hydrogen-bond donors (Lipinski definition) is 1. The fourth-order valence-electron chi connectivity index (χ4n) is 1.72. The molecule has 0 bridgehead atoms. The van der Waals surface area contributed by atoms with Crippen molar-refractivity contribution in [3.63, 3.8) is 0 Å². The first kappa shape index (κ1) is 17.4. The van der Waals surface area contributed by atoms with Gasteiger partial charge < -0.3 is 0 Å².